The number of hydrogen-bond donors (Lipinski definition) is 2. The minimum absolute atomic E-state index is 0.144. The van der Waals surface area contributed by atoms with Crippen LogP contribution in [0.5, 0.6) is 0 Å². The predicted octanol–water partition coefficient (Wildman–Crippen LogP) is 3.98. The molecule has 31 heavy (non-hydrogen) atoms. The van der Waals surface area contributed by atoms with Crippen LogP contribution in [0.1, 0.15) is 57.7 Å². The summed E-state index contributed by atoms with van der Waals surface area (Å²) in [5.74, 6) is 0.377. The average molecular weight is 436 g/mol. The van der Waals surface area contributed by atoms with Crippen molar-refractivity contribution < 1.29 is 9.90 Å². The summed E-state index contributed by atoms with van der Waals surface area (Å²) in [7, 11) is 0. The number of aliphatic carboxylic acids is 1. The van der Waals surface area contributed by atoms with Gasteiger partial charge in [-0.05, 0) is 44.9 Å². The van der Waals surface area contributed by atoms with Crippen LogP contribution in [-0.4, -0.2) is 38.1 Å². The van der Waals surface area contributed by atoms with Crippen molar-refractivity contribution in [3.63, 3.8) is 0 Å². The summed E-state index contributed by atoms with van der Waals surface area (Å²) in [5, 5.41) is 19.0. The first kappa shape index (κ1) is 21.1. The maximum Gasteiger partial charge on any atom is 0.306 e. The Morgan fingerprint density at radius 1 is 1.23 bits per heavy atom. The number of nitrogens with zero attached hydrogens (tertiary/aromatic N) is 4. The lowest BCUT2D eigenvalue weighted by Crippen LogP contribution is -2.10. The van der Waals surface area contributed by atoms with Gasteiger partial charge in [0.05, 0.1) is 12.1 Å². The molecule has 0 unspecified atom stereocenters. The summed E-state index contributed by atoms with van der Waals surface area (Å²) in [4.78, 5) is 17.7. The molecule has 0 amide bonds. The van der Waals surface area contributed by atoms with E-state index >= 15 is 0 Å². The number of aliphatic imine (C=N–C) groups is 1. The van der Waals surface area contributed by atoms with Crippen LogP contribution in [0.15, 0.2) is 35.3 Å². The van der Waals surface area contributed by atoms with Crippen molar-refractivity contribution >= 4 is 29.1 Å². The smallest absolute Gasteiger partial charge is 0.306 e. The molecule has 0 saturated carbocycles. The molecule has 1 atom stereocenters. The lowest BCUT2D eigenvalue weighted by molar-refractivity contribution is -0.137. The Morgan fingerprint density at radius 3 is 2.65 bits per heavy atom. The second-order valence-electron chi connectivity index (χ2n) is 7.60. The summed E-state index contributed by atoms with van der Waals surface area (Å²) in [6, 6.07) is 7.54. The number of hydrogen-bond acceptors (Lipinski definition) is 6. The molecule has 0 aliphatic carbocycles. The zero-order valence-corrected chi connectivity index (χ0v) is 18.6. The third-order valence-electron chi connectivity index (χ3n) is 5.44. The second kappa shape index (κ2) is 8.56. The fraction of sp³-hybridized carbons (Fsp3) is 0.304. The number of carbonyl (C=O) groups is 1. The molecule has 1 aliphatic heterocycles. The molecule has 4 rings (SSSR count). The van der Waals surface area contributed by atoms with Gasteiger partial charge in [-0.15, -0.1) is 21.5 Å². The van der Waals surface area contributed by atoms with Gasteiger partial charge in [0.15, 0.2) is 5.82 Å². The number of fused-ring (bicyclic) bond motifs is 3. The van der Waals surface area contributed by atoms with Gasteiger partial charge in [0.2, 0.25) is 0 Å². The lowest BCUT2D eigenvalue weighted by Gasteiger charge is -2.11. The van der Waals surface area contributed by atoms with E-state index in [0.717, 1.165) is 45.2 Å². The summed E-state index contributed by atoms with van der Waals surface area (Å²) in [5.41, 5.74) is 10.5. The number of carboxylic acids is 1. The van der Waals surface area contributed by atoms with E-state index < -0.39 is 12.0 Å². The highest BCUT2D eigenvalue weighted by Crippen LogP contribution is 2.39. The Bertz CT molecular complexity index is 1190. The molecule has 0 fully saturated rings. The standard InChI is InChI=1S/C23H25N5O2S/c1-13-14(2)31-23-20(13)21(17-9-7-16(8-10-17)6-4-5-11-24)25-18(12-19(29)30)22-27-26-15(3)28(22)23/h4,6-10,18H,5,11-12,24H2,1-3H3,(H,29,30)/b6-4+/t18-/m0/s1. The molecule has 0 spiro atoms. The van der Waals surface area contributed by atoms with Crippen molar-refractivity contribution in [3.8, 4) is 5.00 Å². The van der Waals surface area contributed by atoms with Gasteiger partial charge in [-0.1, -0.05) is 36.4 Å². The Balaban J connectivity index is 1.88. The van der Waals surface area contributed by atoms with Crippen molar-refractivity contribution in [2.75, 3.05) is 6.54 Å². The molecular weight excluding hydrogens is 410 g/mol. The van der Waals surface area contributed by atoms with Crippen LogP contribution < -0.4 is 5.73 Å². The number of aromatic nitrogens is 3. The first-order chi connectivity index (χ1) is 14.9. The highest BCUT2D eigenvalue weighted by molar-refractivity contribution is 7.15. The van der Waals surface area contributed by atoms with Crippen molar-refractivity contribution in [2.45, 2.75) is 39.7 Å². The minimum Gasteiger partial charge on any atom is -0.481 e. The maximum absolute atomic E-state index is 11.6. The molecular formula is C23H25N5O2S. The number of nitrogens with two attached hydrogens (primary N) is 1. The summed E-state index contributed by atoms with van der Waals surface area (Å²) in [6.07, 6.45) is 4.80. The zero-order valence-electron chi connectivity index (χ0n) is 17.8. The average Bonchev–Trinajstić information content (AvgIpc) is 3.21. The molecule has 8 heteroatoms. The van der Waals surface area contributed by atoms with Crippen molar-refractivity contribution in [1.29, 1.82) is 0 Å². The third-order valence-corrected chi connectivity index (χ3v) is 6.63. The van der Waals surface area contributed by atoms with Crippen LogP contribution in [-0.2, 0) is 4.79 Å². The number of carboxylic acid groups (broad SMARTS) is 1. The van der Waals surface area contributed by atoms with Gasteiger partial charge in [-0.3, -0.25) is 14.4 Å². The van der Waals surface area contributed by atoms with Gasteiger partial charge >= 0.3 is 5.97 Å². The van der Waals surface area contributed by atoms with E-state index in [2.05, 4.69) is 36.2 Å². The Kier molecular flexibility index (Phi) is 5.84. The van der Waals surface area contributed by atoms with Crippen LogP contribution in [0, 0.1) is 20.8 Å². The van der Waals surface area contributed by atoms with Crippen LogP contribution >= 0.6 is 11.3 Å². The fourth-order valence-corrected chi connectivity index (χ4v) is 4.97. The van der Waals surface area contributed by atoms with E-state index in [-0.39, 0.29) is 6.42 Å². The first-order valence-corrected chi connectivity index (χ1v) is 11.0. The van der Waals surface area contributed by atoms with Gasteiger partial charge in [-0.2, -0.15) is 0 Å². The van der Waals surface area contributed by atoms with Gasteiger partial charge in [0, 0.05) is 16.0 Å². The summed E-state index contributed by atoms with van der Waals surface area (Å²) < 4.78 is 1.97. The highest BCUT2D eigenvalue weighted by atomic mass is 32.1. The molecule has 7 nitrogen and oxygen atoms in total. The molecule has 3 N–H and O–H groups in total. The molecule has 3 heterocycles. The lowest BCUT2D eigenvalue weighted by atomic mass is 9.98. The Morgan fingerprint density at radius 2 is 1.97 bits per heavy atom. The molecule has 0 saturated heterocycles. The summed E-state index contributed by atoms with van der Waals surface area (Å²) in [6.45, 7) is 6.68. The van der Waals surface area contributed by atoms with Crippen LogP contribution in [0.2, 0.25) is 0 Å². The first-order valence-electron chi connectivity index (χ1n) is 10.2. The molecule has 1 aliphatic rings. The van der Waals surface area contributed by atoms with E-state index in [1.54, 1.807) is 11.3 Å². The van der Waals surface area contributed by atoms with Gasteiger partial charge < -0.3 is 10.8 Å². The SMILES string of the molecule is Cc1sc2c(c1C)C(c1ccc(/C=C/CCN)cc1)=N[C@@H](CC(=O)O)c1nnc(C)n1-2. The largest absolute Gasteiger partial charge is 0.481 e. The molecule has 3 aromatic rings. The summed E-state index contributed by atoms with van der Waals surface area (Å²) >= 11 is 1.66. The minimum atomic E-state index is -0.918. The molecule has 0 bridgehead atoms. The van der Waals surface area contributed by atoms with Gasteiger partial charge in [0.25, 0.3) is 0 Å². The third kappa shape index (κ3) is 3.96. The van der Waals surface area contributed by atoms with E-state index in [1.165, 1.54) is 4.88 Å². The van der Waals surface area contributed by atoms with Crippen molar-refractivity contribution in [2.24, 2.45) is 10.7 Å². The maximum atomic E-state index is 11.6. The number of thiophene rings is 1. The van der Waals surface area contributed by atoms with E-state index in [9.17, 15) is 9.90 Å². The Labute approximate surface area is 185 Å². The molecule has 0 radical (unpaired) electrons. The molecule has 1 aromatic carbocycles. The molecule has 160 valence electrons. The topological polar surface area (TPSA) is 106 Å². The van der Waals surface area contributed by atoms with Gasteiger partial charge in [0.1, 0.15) is 16.9 Å². The van der Waals surface area contributed by atoms with Crippen molar-refractivity contribution in [1.82, 2.24) is 14.8 Å². The predicted molar refractivity (Wildman–Crippen MR) is 123 cm³/mol. The van der Waals surface area contributed by atoms with E-state index in [0.29, 0.717) is 12.4 Å². The highest BCUT2D eigenvalue weighted by Gasteiger charge is 2.32. The Hall–Kier alpha value is -3.10. The van der Waals surface area contributed by atoms with Crippen LogP contribution in [0.4, 0.5) is 0 Å². The fourth-order valence-electron chi connectivity index (χ4n) is 3.76. The van der Waals surface area contributed by atoms with Gasteiger partial charge in [-0.25, -0.2) is 0 Å². The zero-order chi connectivity index (χ0) is 22.1. The second-order valence-corrected chi connectivity index (χ2v) is 8.80. The molecule has 2 aromatic heterocycles. The monoisotopic (exact) mass is 435 g/mol. The quantitative estimate of drug-likeness (QED) is 0.609. The van der Waals surface area contributed by atoms with Crippen LogP contribution in [0.3, 0.4) is 0 Å². The van der Waals surface area contributed by atoms with E-state index in [4.69, 9.17) is 10.7 Å². The number of rotatable bonds is 6. The normalized spacial score (nSPS) is 15.5. The number of benzene rings is 1. The van der Waals surface area contributed by atoms with Crippen LogP contribution in [0.25, 0.3) is 11.1 Å². The number of aryl methyl sites for hydroxylation is 2. The van der Waals surface area contributed by atoms with E-state index in [1.807, 2.05) is 35.8 Å². The van der Waals surface area contributed by atoms with Crippen molar-refractivity contribution in [3.05, 3.63) is 69.1 Å².